The van der Waals surface area contributed by atoms with Gasteiger partial charge in [-0.05, 0) is 38.1 Å². The van der Waals surface area contributed by atoms with Gasteiger partial charge in [-0.15, -0.1) is 0 Å². The van der Waals surface area contributed by atoms with Gasteiger partial charge in [0, 0.05) is 16.7 Å². The molecular weight excluding hydrogens is 397 g/mol. The molecule has 1 heterocycles. The fourth-order valence-electron chi connectivity index (χ4n) is 3.03. The SMILES string of the molecule is COc1ccc(C(=O)Nc2c(C)nn(Cc3c(F)cccc3Cl)c2C)c(OC)c1. The molecule has 3 rings (SSSR count). The van der Waals surface area contributed by atoms with Crippen molar-refractivity contribution in [3.05, 3.63) is 69.8 Å². The first kappa shape index (κ1) is 20.7. The van der Waals surface area contributed by atoms with E-state index in [1.807, 2.05) is 0 Å². The van der Waals surface area contributed by atoms with Crippen LogP contribution >= 0.6 is 11.6 Å². The lowest BCUT2D eigenvalue weighted by atomic mass is 10.1. The van der Waals surface area contributed by atoms with Gasteiger partial charge in [0.15, 0.2) is 0 Å². The summed E-state index contributed by atoms with van der Waals surface area (Å²) in [6.07, 6.45) is 0. The Morgan fingerprint density at radius 1 is 1.21 bits per heavy atom. The molecule has 0 bridgehead atoms. The lowest BCUT2D eigenvalue weighted by Crippen LogP contribution is -2.14. The minimum Gasteiger partial charge on any atom is -0.497 e. The van der Waals surface area contributed by atoms with Gasteiger partial charge in [0.1, 0.15) is 17.3 Å². The van der Waals surface area contributed by atoms with Crippen LogP contribution in [-0.4, -0.2) is 29.9 Å². The quantitative estimate of drug-likeness (QED) is 0.636. The standard InChI is InChI=1S/C21H21ClFN3O3/c1-12-20(24-21(27)15-9-8-14(28-3)10-19(15)29-4)13(2)26(25-12)11-16-17(22)6-5-7-18(16)23/h5-10H,11H2,1-4H3,(H,24,27). The second-order valence-electron chi connectivity index (χ2n) is 6.42. The summed E-state index contributed by atoms with van der Waals surface area (Å²) < 4.78 is 26.2. The zero-order valence-corrected chi connectivity index (χ0v) is 17.3. The Bertz CT molecular complexity index is 1050. The summed E-state index contributed by atoms with van der Waals surface area (Å²) >= 11 is 6.13. The molecule has 152 valence electrons. The van der Waals surface area contributed by atoms with Crippen molar-refractivity contribution in [2.75, 3.05) is 19.5 Å². The maximum Gasteiger partial charge on any atom is 0.259 e. The van der Waals surface area contributed by atoms with Crippen LogP contribution in [0.15, 0.2) is 36.4 Å². The van der Waals surface area contributed by atoms with Crippen molar-refractivity contribution in [2.24, 2.45) is 0 Å². The average molecular weight is 418 g/mol. The monoisotopic (exact) mass is 417 g/mol. The number of hydrogen-bond donors (Lipinski definition) is 1. The molecule has 6 nitrogen and oxygen atoms in total. The van der Waals surface area contributed by atoms with Gasteiger partial charge >= 0.3 is 0 Å². The second-order valence-corrected chi connectivity index (χ2v) is 6.83. The highest BCUT2D eigenvalue weighted by molar-refractivity contribution is 6.31. The van der Waals surface area contributed by atoms with Crippen LogP contribution in [0.4, 0.5) is 10.1 Å². The number of carbonyl (C=O) groups excluding carboxylic acids is 1. The number of ether oxygens (including phenoxy) is 2. The van der Waals surface area contributed by atoms with Crippen LogP contribution in [0.5, 0.6) is 11.5 Å². The van der Waals surface area contributed by atoms with E-state index in [1.54, 1.807) is 48.9 Å². The van der Waals surface area contributed by atoms with Crippen molar-refractivity contribution in [3.63, 3.8) is 0 Å². The van der Waals surface area contributed by atoms with E-state index in [0.717, 1.165) is 0 Å². The summed E-state index contributed by atoms with van der Waals surface area (Å²) in [4.78, 5) is 12.8. The summed E-state index contributed by atoms with van der Waals surface area (Å²) in [5.74, 6) is 0.223. The number of methoxy groups -OCH3 is 2. The molecule has 8 heteroatoms. The number of nitrogens with zero attached hydrogens (tertiary/aromatic N) is 2. The zero-order chi connectivity index (χ0) is 21.1. The Hall–Kier alpha value is -3.06. The number of aryl methyl sites for hydroxylation is 1. The molecule has 0 aliphatic carbocycles. The van der Waals surface area contributed by atoms with E-state index in [-0.39, 0.29) is 12.5 Å². The van der Waals surface area contributed by atoms with Crippen LogP contribution in [0.3, 0.4) is 0 Å². The van der Waals surface area contributed by atoms with Crippen LogP contribution in [0, 0.1) is 19.7 Å². The highest BCUT2D eigenvalue weighted by Crippen LogP contribution is 2.28. The number of rotatable bonds is 6. The molecule has 3 aromatic rings. The number of halogens is 2. The number of carbonyl (C=O) groups is 1. The number of benzene rings is 2. The molecule has 0 spiro atoms. The fraction of sp³-hybridized carbons (Fsp3) is 0.238. The molecule has 1 N–H and O–H groups in total. The van der Waals surface area contributed by atoms with Crippen LogP contribution in [-0.2, 0) is 6.54 Å². The molecule has 0 atom stereocenters. The van der Waals surface area contributed by atoms with E-state index in [1.165, 1.54) is 20.3 Å². The number of amides is 1. The first-order valence-corrected chi connectivity index (χ1v) is 9.23. The first-order valence-electron chi connectivity index (χ1n) is 8.86. The summed E-state index contributed by atoms with van der Waals surface area (Å²) in [5, 5.41) is 7.63. The molecule has 0 unspecified atom stereocenters. The molecule has 0 fully saturated rings. The Morgan fingerprint density at radius 2 is 1.97 bits per heavy atom. The Labute approximate surface area is 173 Å². The van der Waals surface area contributed by atoms with Crippen molar-refractivity contribution in [2.45, 2.75) is 20.4 Å². The Kier molecular flexibility index (Phi) is 6.08. The first-order chi connectivity index (χ1) is 13.8. The van der Waals surface area contributed by atoms with E-state index >= 15 is 0 Å². The summed E-state index contributed by atoms with van der Waals surface area (Å²) in [6.45, 7) is 3.73. The predicted molar refractivity (Wildman–Crippen MR) is 110 cm³/mol. The van der Waals surface area contributed by atoms with Crippen molar-refractivity contribution in [1.82, 2.24) is 9.78 Å². The number of aromatic nitrogens is 2. The molecule has 0 radical (unpaired) electrons. The number of anilines is 1. The van der Waals surface area contributed by atoms with Gasteiger partial charge in [-0.2, -0.15) is 5.10 Å². The van der Waals surface area contributed by atoms with E-state index in [4.69, 9.17) is 21.1 Å². The lowest BCUT2D eigenvalue weighted by molar-refractivity contribution is 0.102. The molecule has 29 heavy (non-hydrogen) atoms. The molecule has 0 saturated carbocycles. The maximum atomic E-state index is 14.1. The maximum absolute atomic E-state index is 14.1. The normalized spacial score (nSPS) is 10.7. The topological polar surface area (TPSA) is 65.4 Å². The van der Waals surface area contributed by atoms with Gasteiger partial charge in [-0.1, -0.05) is 17.7 Å². The third kappa shape index (κ3) is 4.19. The van der Waals surface area contributed by atoms with Gasteiger partial charge in [0.2, 0.25) is 0 Å². The Balaban J connectivity index is 1.88. The van der Waals surface area contributed by atoms with E-state index < -0.39 is 5.82 Å². The van der Waals surface area contributed by atoms with Crippen molar-refractivity contribution < 1.29 is 18.7 Å². The summed E-state index contributed by atoms with van der Waals surface area (Å²) in [7, 11) is 3.02. The zero-order valence-electron chi connectivity index (χ0n) is 16.5. The molecule has 0 aliphatic rings. The van der Waals surface area contributed by atoms with Crippen molar-refractivity contribution in [3.8, 4) is 11.5 Å². The molecule has 2 aromatic carbocycles. The van der Waals surface area contributed by atoms with E-state index in [2.05, 4.69) is 10.4 Å². The molecule has 1 aromatic heterocycles. The average Bonchev–Trinajstić information content (AvgIpc) is 2.97. The van der Waals surface area contributed by atoms with Crippen molar-refractivity contribution in [1.29, 1.82) is 0 Å². The van der Waals surface area contributed by atoms with Crippen LogP contribution in [0.1, 0.15) is 27.3 Å². The molecule has 1 amide bonds. The predicted octanol–water partition coefficient (Wildman–Crippen LogP) is 4.61. The van der Waals surface area contributed by atoms with E-state index in [0.29, 0.717) is 44.7 Å². The number of nitrogens with one attached hydrogen (secondary N) is 1. The van der Waals surface area contributed by atoms with Gasteiger partial charge < -0.3 is 14.8 Å². The van der Waals surface area contributed by atoms with E-state index in [9.17, 15) is 9.18 Å². The highest BCUT2D eigenvalue weighted by Gasteiger charge is 2.19. The molecule has 0 aliphatic heterocycles. The minimum atomic E-state index is -0.404. The van der Waals surface area contributed by atoms with Gasteiger partial charge in [-0.3, -0.25) is 9.48 Å². The molecule has 0 saturated heterocycles. The van der Waals surface area contributed by atoms with Gasteiger partial charge in [0.25, 0.3) is 5.91 Å². The van der Waals surface area contributed by atoms with Crippen molar-refractivity contribution >= 4 is 23.2 Å². The van der Waals surface area contributed by atoms with Crippen LogP contribution in [0.2, 0.25) is 5.02 Å². The van der Waals surface area contributed by atoms with Gasteiger partial charge in [0.05, 0.1) is 43.4 Å². The smallest absolute Gasteiger partial charge is 0.259 e. The largest absolute Gasteiger partial charge is 0.497 e. The molecular formula is C21H21ClFN3O3. The minimum absolute atomic E-state index is 0.153. The second kappa shape index (κ2) is 8.53. The van der Waals surface area contributed by atoms with Crippen LogP contribution < -0.4 is 14.8 Å². The summed E-state index contributed by atoms with van der Waals surface area (Å²) in [5.41, 5.74) is 2.55. The third-order valence-corrected chi connectivity index (χ3v) is 5.00. The summed E-state index contributed by atoms with van der Waals surface area (Å²) in [6, 6.07) is 9.48. The fourth-order valence-corrected chi connectivity index (χ4v) is 3.25. The third-order valence-electron chi connectivity index (χ3n) is 4.64. The van der Waals surface area contributed by atoms with Crippen LogP contribution in [0.25, 0.3) is 0 Å². The highest BCUT2D eigenvalue weighted by atomic mass is 35.5. The van der Waals surface area contributed by atoms with Gasteiger partial charge in [-0.25, -0.2) is 4.39 Å². The lowest BCUT2D eigenvalue weighted by Gasteiger charge is -2.11. The Morgan fingerprint density at radius 3 is 2.62 bits per heavy atom. The number of hydrogen-bond acceptors (Lipinski definition) is 4.